The molecule has 2 heterocycles. The summed E-state index contributed by atoms with van der Waals surface area (Å²) in [4.78, 5) is 52.5. The molecular formula is C28H33FN6O7. The molecule has 42 heavy (non-hydrogen) atoms. The van der Waals surface area contributed by atoms with Crippen molar-refractivity contribution < 1.29 is 37.9 Å². The number of carbonyl (C=O) groups is 4. The number of halogens is 1. The molecule has 224 valence electrons. The van der Waals surface area contributed by atoms with Gasteiger partial charge in [0.05, 0.1) is 18.8 Å². The molecule has 1 aromatic carbocycles. The Labute approximate surface area is 241 Å². The number of rotatable bonds is 12. The number of nitrogens with one attached hydrogen (secondary N) is 3. The second kappa shape index (κ2) is 14.3. The van der Waals surface area contributed by atoms with Gasteiger partial charge < -0.3 is 35.2 Å². The van der Waals surface area contributed by atoms with Crippen LogP contribution in [0.4, 0.5) is 4.39 Å². The molecule has 1 aromatic heterocycles. The molecule has 0 spiro atoms. The van der Waals surface area contributed by atoms with Crippen molar-refractivity contribution in [2.24, 2.45) is 0 Å². The van der Waals surface area contributed by atoms with E-state index in [2.05, 4.69) is 27.7 Å². The third-order valence-corrected chi connectivity index (χ3v) is 6.53. The fraction of sp³-hybridized carbons (Fsp3) is 0.429. The van der Waals surface area contributed by atoms with Gasteiger partial charge in [-0.1, -0.05) is 23.9 Å². The Hall–Kier alpha value is -4.61. The summed E-state index contributed by atoms with van der Waals surface area (Å²) in [6, 6.07) is 4.80. The molecule has 1 aliphatic rings. The minimum atomic E-state index is -1.48. The standard InChI is InChI=1S/C28H33FN6O7/c1-15-5-6-19(21(29)9-15)12-31-25(37)23(14-41-20-7-8-35(13-20)28(40)16(2)11-30)32-27(39)24(18(4)36)33-26(38)22-10-17(3)42-34-22/h5-6,9-10,18,20,23-24,36H,2,7-8,12-14H2,1,3-4H3,(H,31,37)(H,32,39)(H,33,38)/t18-,20-,23+,24+/m1/s1. The molecule has 4 amide bonds. The average Bonchev–Trinajstić information content (AvgIpc) is 3.61. The maximum absolute atomic E-state index is 14.3. The zero-order chi connectivity index (χ0) is 31.0. The van der Waals surface area contributed by atoms with Crippen LogP contribution in [-0.4, -0.2) is 82.8 Å². The Bertz CT molecular complexity index is 1380. The fourth-order valence-electron chi connectivity index (χ4n) is 4.16. The summed E-state index contributed by atoms with van der Waals surface area (Å²) >= 11 is 0. The lowest BCUT2D eigenvalue weighted by molar-refractivity contribution is -0.133. The summed E-state index contributed by atoms with van der Waals surface area (Å²) in [7, 11) is 0. The highest BCUT2D eigenvalue weighted by atomic mass is 19.1. The number of aliphatic hydroxyl groups excluding tert-OH is 1. The van der Waals surface area contributed by atoms with Crippen molar-refractivity contribution in [2.75, 3.05) is 19.7 Å². The highest BCUT2D eigenvalue weighted by Crippen LogP contribution is 2.16. The molecule has 0 radical (unpaired) electrons. The van der Waals surface area contributed by atoms with Crippen molar-refractivity contribution in [3.63, 3.8) is 0 Å². The van der Waals surface area contributed by atoms with Gasteiger partial charge in [0.2, 0.25) is 11.8 Å². The number of benzene rings is 1. The largest absolute Gasteiger partial charge is 0.391 e. The van der Waals surface area contributed by atoms with E-state index in [0.29, 0.717) is 24.3 Å². The summed E-state index contributed by atoms with van der Waals surface area (Å²) in [5.41, 5.74) is 0.605. The number of aryl methyl sites for hydroxylation is 2. The molecule has 0 saturated carbocycles. The Morgan fingerprint density at radius 2 is 2.00 bits per heavy atom. The van der Waals surface area contributed by atoms with Gasteiger partial charge in [-0.3, -0.25) is 19.2 Å². The third-order valence-electron chi connectivity index (χ3n) is 6.53. The van der Waals surface area contributed by atoms with Gasteiger partial charge >= 0.3 is 0 Å². The number of aromatic nitrogens is 1. The van der Waals surface area contributed by atoms with E-state index in [1.54, 1.807) is 26.0 Å². The van der Waals surface area contributed by atoms with Crippen LogP contribution in [0.2, 0.25) is 0 Å². The number of amides is 4. The van der Waals surface area contributed by atoms with Crippen LogP contribution in [0.3, 0.4) is 0 Å². The van der Waals surface area contributed by atoms with E-state index in [1.165, 1.54) is 30.0 Å². The number of hydrogen-bond donors (Lipinski definition) is 4. The number of hydrogen-bond acceptors (Lipinski definition) is 9. The van der Waals surface area contributed by atoms with Crippen molar-refractivity contribution >= 4 is 23.6 Å². The van der Waals surface area contributed by atoms with Crippen molar-refractivity contribution in [2.45, 2.75) is 58.0 Å². The van der Waals surface area contributed by atoms with E-state index in [9.17, 15) is 28.7 Å². The van der Waals surface area contributed by atoms with Crippen LogP contribution < -0.4 is 16.0 Å². The highest BCUT2D eigenvalue weighted by molar-refractivity contribution is 5.97. The van der Waals surface area contributed by atoms with Gasteiger partial charge in [-0.25, -0.2) is 4.39 Å². The molecule has 1 aliphatic heterocycles. The van der Waals surface area contributed by atoms with Gasteiger partial charge in [0.1, 0.15) is 35.3 Å². The van der Waals surface area contributed by atoms with Gasteiger partial charge in [-0.2, -0.15) is 5.26 Å². The number of aliphatic hydroxyl groups is 1. The Balaban J connectivity index is 1.70. The maximum atomic E-state index is 14.3. The number of nitriles is 1. The summed E-state index contributed by atoms with van der Waals surface area (Å²) in [6.07, 6.45) is -1.47. The molecule has 4 N–H and O–H groups in total. The van der Waals surface area contributed by atoms with E-state index in [4.69, 9.17) is 14.5 Å². The first-order chi connectivity index (χ1) is 19.9. The molecule has 3 rings (SSSR count). The molecule has 2 aromatic rings. The quantitative estimate of drug-likeness (QED) is 0.202. The van der Waals surface area contributed by atoms with Crippen LogP contribution in [0, 0.1) is 31.0 Å². The van der Waals surface area contributed by atoms with E-state index in [1.807, 2.05) is 0 Å². The highest BCUT2D eigenvalue weighted by Gasteiger charge is 2.33. The van der Waals surface area contributed by atoms with Gasteiger partial charge in [0.15, 0.2) is 5.69 Å². The lowest BCUT2D eigenvalue weighted by atomic mass is 10.1. The van der Waals surface area contributed by atoms with Gasteiger partial charge in [-0.05, 0) is 38.8 Å². The SMILES string of the molecule is C=C(C#N)C(=O)N1CC[C@@H](OC[C@H](NC(=O)[C@@H](NC(=O)c2cc(C)on2)[C@@H](C)O)C(=O)NCc2ccc(C)cc2F)C1. The van der Waals surface area contributed by atoms with E-state index in [0.717, 1.165) is 0 Å². The number of nitrogens with zero attached hydrogens (tertiary/aromatic N) is 3. The normalized spacial score (nSPS) is 16.6. The third kappa shape index (κ3) is 8.45. The number of ether oxygens (including phenoxy) is 1. The van der Waals surface area contributed by atoms with Gasteiger partial charge in [0.25, 0.3) is 11.8 Å². The zero-order valence-corrected chi connectivity index (χ0v) is 23.5. The molecule has 1 fully saturated rings. The monoisotopic (exact) mass is 584 g/mol. The first kappa shape index (κ1) is 31.9. The number of carbonyl (C=O) groups excluding carboxylic acids is 4. The molecule has 0 aliphatic carbocycles. The van der Waals surface area contributed by atoms with Gasteiger partial charge in [0, 0.05) is 31.3 Å². The second-order valence-electron chi connectivity index (χ2n) is 9.97. The van der Waals surface area contributed by atoms with E-state index in [-0.39, 0.29) is 36.5 Å². The fourth-order valence-corrected chi connectivity index (χ4v) is 4.16. The molecule has 1 saturated heterocycles. The lowest BCUT2D eigenvalue weighted by Crippen LogP contribution is -2.58. The summed E-state index contributed by atoms with van der Waals surface area (Å²) < 4.78 is 25.0. The smallest absolute Gasteiger partial charge is 0.274 e. The molecule has 4 atom stereocenters. The van der Waals surface area contributed by atoms with Crippen molar-refractivity contribution in [3.05, 3.63) is 64.8 Å². The molecule has 0 unspecified atom stereocenters. The summed E-state index contributed by atoms with van der Waals surface area (Å²) in [6.45, 7) is 7.92. The van der Waals surface area contributed by atoms with E-state index >= 15 is 0 Å². The number of likely N-dealkylation sites (tertiary alicyclic amines) is 1. The van der Waals surface area contributed by atoms with Crippen LogP contribution >= 0.6 is 0 Å². The maximum Gasteiger partial charge on any atom is 0.274 e. The van der Waals surface area contributed by atoms with Gasteiger partial charge in [-0.15, -0.1) is 0 Å². The molecule has 13 nitrogen and oxygen atoms in total. The van der Waals surface area contributed by atoms with Crippen LogP contribution in [0.25, 0.3) is 0 Å². The van der Waals surface area contributed by atoms with Crippen LogP contribution in [0.15, 0.2) is 40.9 Å². The molecule has 14 heteroatoms. The predicted octanol–water partition coefficient (Wildman–Crippen LogP) is 0.408. The van der Waals surface area contributed by atoms with Crippen molar-refractivity contribution in [3.8, 4) is 6.07 Å². The summed E-state index contributed by atoms with van der Waals surface area (Å²) in [5, 5.41) is 30.2. The minimum Gasteiger partial charge on any atom is -0.391 e. The lowest BCUT2D eigenvalue weighted by Gasteiger charge is -2.25. The first-order valence-electron chi connectivity index (χ1n) is 13.1. The Morgan fingerprint density at radius 3 is 2.62 bits per heavy atom. The Kier molecular flexibility index (Phi) is 10.9. The summed E-state index contributed by atoms with van der Waals surface area (Å²) in [5.74, 6) is -3.06. The van der Waals surface area contributed by atoms with Crippen molar-refractivity contribution in [1.29, 1.82) is 5.26 Å². The predicted molar refractivity (Wildman–Crippen MR) is 145 cm³/mol. The molecule has 0 bridgehead atoms. The van der Waals surface area contributed by atoms with Crippen LogP contribution in [-0.2, 0) is 25.7 Å². The minimum absolute atomic E-state index is 0.108. The second-order valence-corrected chi connectivity index (χ2v) is 9.97. The van der Waals surface area contributed by atoms with Crippen LogP contribution in [0.5, 0.6) is 0 Å². The topological polar surface area (TPSA) is 187 Å². The van der Waals surface area contributed by atoms with Crippen molar-refractivity contribution in [1.82, 2.24) is 26.0 Å². The Morgan fingerprint density at radius 1 is 1.26 bits per heavy atom. The average molecular weight is 585 g/mol. The molecular weight excluding hydrogens is 551 g/mol. The first-order valence-corrected chi connectivity index (χ1v) is 13.1. The zero-order valence-electron chi connectivity index (χ0n) is 23.5. The van der Waals surface area contributed by atoms with Crippen LogP contribution in [0.1, 0.15) is 40.7 Å². The van der Waals surface area contributed by atoms with E-state index < -0.39 is 53.7 Å².